The van der Waals surface area contributed by atoms with Crippen LogP contribution in [0.3, 0.4) is 0 Å². The molecule has 1 fully saturated rings. The third kappa shape index (κ3) is 3.17. The van der Waals surface area contributed by atoms with Crippen LogP contribution in [0.25, 0.3) is 0 Å². The van der Waals surface area contributed by atoms with Crippen molar-refractivity contribution in [1.82, 2.24) is 4.98 Å². The maximum absolute atomic E-state index is 7.43. The first-order valence-electron chi connectivity index (χ1n) is 5.81. The van der Waals surface area contributed by atoms with Gasteiger partial charge in [0.1, 0.15) is 12.4 Å². The van der Waals surface area contributed by atoms with Gasteiger partial charge in [0.2, 0.25) is 5.88 Å². The summed E-state index contributed by atoms with van der Waals surface area (Å²) in [5.41, 5.74) is 5.99. The zero-order chi connectivity index (χ0) is 12.1. The van der Waals surface area contributed by atoms with Crippen LogP contribution in [0.1, 0.15) is 24.8 Å². The van der Waals surface area contributed by atoms with Crippen molar-refractivity contribution in [2.24, 2.45) is 5.73 Å². The summed E-state index contributed by atoms with van der Waals surface area (Å²) in [7, 11) is 0. The van der Waals surface area contributed by atoms with Crippen molar-refractivity contribution in [1.29, 1.82) is 5.41 Å². The van der Waals surface area contributed by atoms with Gasteiger partial charge in [-0.15, -0.1) is 0 Å². The van der Waals surface area contributed by atoms with Crippen molar-refractivity contribution in [3.8, 4) is 5.88 Å². The number of pyridine rings is 1. The first-order chi connectivity index (χ1) is 8.27. The molecule has 1 saturated heterocycles. The number of amidine groups is 1. The molecule has 1 atom stereocenters. The van der Waals surface area contributed by atoms with Gasteiger partial charge in [-0.2, -0.15) is 0 Å². The Morgan fingerprint density at radius 3 is 3.18 bits per heavy atom. The van der Waals surface area contributed by atoms with Gasteiger partial charge < -0.3 is 15.2 Å². The average molecular weight is 235 g/mol. The molecule has 0 radical (unpaired) electrons. The minimum absolute atomic E-state index is 0.0299. The van der Waals surface area contributed by atoms with Crippen LogP contribution >= 0.6 is 0 Å². The second-order valence-corrected chi connectivity index (χ2v) is 4.07. The molecule has 1 aliphatic heterocycles. The monoisotopic (exact) mass is 235 g/mol. The zero-order valence-electron chi connectivity index (χ0n) is 9.69. The van der Waals surface area contributed by atoms with Gasteiger partial charge in [-0.1, -0.05) is 0 Å². The molecule has 3 N–H and O–H groups in total. The van der Waals surface area contributed by atoms with E-state index in [-0.39, 0.29) is 11.9 Å². The van der Waals surface area contributed by atoms with Crippen LogP contribution in [0, 0.1) is 5.41 Å². The van der Waals surface area contributed by atoms with Crippen LogP contribution in [-0.4, -0.2) is 30.1 Å². The van der Waals surface area contributed by atoms with Crippen molar-refractivity contribution < 1.29 is 9.47 Å². The summed E-state index contributed by atoms with van der Waals surface area (Å²) in [6.07, 6.45) is 5.07. The molecule has 1 aromatic heterocycles. The quantitative estimate of drug-likeness (QED) is 0.609. The van der Waals surface area contributed by atoms with E-state index >= 15 is 0 Å². The van der Waals surface area contributed by atoms with Gasteiger partial charge in [-0.25, -0.2) is 4.98 Å². The van der Waals surface area contributed by atoms with Gasteiger partial charge in [0.25, 0.3) is 0 Å². The first kappa shape index (κ1) is 11.9. The number of nitrogens with one attached hydrogen (secondary N) is 1. The fourth-order valence-electron chi connectivity index (χ4n) is 1.82. The van der Waals surface area contributed by atoms with E-state index in [0.29, 0.717) is 18.1 Å². The highest BCUT2D eigenvalue weighted by Crippen LogP contribution is 2.17. The summed E-state index contributed by atoms with van der Waals surface area (Å²) in [5, 5.41) is 7.43. The molecule has 0 bridgehead atoms. The summed E-state index contributed by atoms with van der Waals surface area (Å²) < 4.78 is 11.1. The molecular formula is C12H17N3O2. The average Bonchev–Trinajstić information content (AvgIpc) is 2.38. The summed E-state index contributed by atoms with van der Waals surface area (Å²) in [6, 6.07) is 3.47. The number of nitrogens with zero attached hydrogens (tertiary/aromatic N) is 1. The molecule has 2 heterocycles. The van der Waals surface area contributed by atoms with E-state index in [1.165, 1.54) is 6.42 Å². The summed E-state index contributed by atoms with van der Waals surface area (Å²) in [4.78, 5) is 4.09. The summed E-state index contributed by atoms with van der Waals surface area (Å²) in [5.74, 6) is 0.381. The van der Waals surface area contributed by atoms with Gasteiger partial charge in [-0.3, -0.25) is 5.41 Å². The molecule has 0 spiro atoms. The van der Waals surface area contributed by atoms with Crippen molar-refractivity contribution in [2.75, 3.05) is 13.2 Å². The van der Waals surface area contributed by atoms with Crippen molar-refractivity contribution in [2.45, 2.75) is 25.4 Å². The molecule has 2 rings (SSSR count). The number of hydrogen-bond donors (Lipinski definition) is 2. The minimum atomic E-state index is -0.0299. The predicted octanol–water partition coefficient (Wildman–Crippen LogP) is 1.31. The smallest absolute Gasteiger partial charge is 0.224 e. The number of rotatable bonds is 4. The fraction of sp³-hybridized carbons (Fsp3) is 0.500. The molecule has 5 nitrogen and oxygen atoms in total. The Bertz CT molecular complexity index is 389. The Morgan fingerprint density at radius 2 is 2.47 bits per heavy atom. The molecule has 17 heavy (non-hydrogen) atoms. The normalized spacial score (nSPS) is 19.9. The molecule has 0 aromatic carbocycles. The third-order valence-corrected chi connectivity index (χ3v) is 2.74. The van der Waals surface area contributed by atoms with Crippen molar-refractivity contribution in [3.05, 3.63) is 23.9 Å². The van der Waals surface area contributed by atoms with Gasteiger partial charge in [0, 0.05) is 12.8 Å². The third-order valence-electron chi connectivity index (χ3n) is 2.74. The molecule has 92 valence electrons. The molecule has 0 amide bonds. The van der Waals surface area contributed by atoms with E-state index in [2.05, 4.69) is 4.98 Å². The van der Waals surface area contributed by atoms with E-state index in [1.807, 2.05) is 0 Å². The van der Waals surface area contributed by atoms with Crippen LogP contribution < -0.4 is 10.5 Å². The van der Waals surface area contributed by atoms with E-state index in [4.69, 9.17) is 20.6 Å². The highest BCUT2D eigenvalue weighted by atomic mass is 16.5. The number of nitrogens with two attached hydrogens (primary N) is 1. The number of hydrogen-bond acceptors (Lipinski definition) is 4. The van der Waals surface area contributed by atoms with Gasteiger partial charge >= 0.3 is 0 Å². The SMILES string of the molecule is N=C(N)c1cccnc1OCC1CCCCO1. The zero-order valence-corrected chi connectivity index (χ0v) is 9.69. The highest BCUT2D eigenvalue weighted by molar-refractivity contribution is 5.96. The van der Waals surface area contributed by atoms with E-state index in [9.17, 15) is 0 Å². The number of aromatic nitrogens is 1. The number of ether oxygens (including phenoxy) is 2. The summed E-state index contributed by atoms with van der Waals surface area (Å²) in [6.45, 7) is 1.27. The van der Waals surface area contributed by atoms with Gasteiger partial charge in [-0.05, 0) is 31.4 Å². The molecule has 0 aliphatic carbocycles. The second-order valence-electron chi connectivity index (χ2n) is 4.07. The topological polar surface area (TPSA) is 81.2 Å². The fourth-order valence-corrected chi connectivity index (χ4v) is 1.82. The molecule has 0 saturated carbocycles. The Morgan fingerprint density at radius 1 is 1.59 bits per heavy atom. The van der Waals surface area contributed by atoms with Crippen LogP contribution in [0.15, 0.2) is 18.3 Å². The van der Waals surface area contributed by atoms with Gasteiger partial charge in [0.15, 0.2) is 0 Å². The Kier molecular flexibility index (Phi) is 3.93. The Hall–Kier alpha value is -1.62. The van der Waals surface area contributed by atoms with E-state index < -0.39 is 0 Å². The lowest BCUT2D eigenvalue weighted by Crippen LogP contribution is -2.26. The Labute approximate surface area is 100 Å². The first-order valence-corrected chi connectivity index (χ1v) is 5.81. The minimum Gasteiger partial charge on any atom is -0.474 e. The highest BCUT2D eigenvalue weighted by Gasteiger charge is 2.16. The maximum Gasteiger partial charge on any atom is 0.224 e. The lowest BCUT2D eigenvalue weighted by atomic mass is 10.1. The number of nitrogen functional groups attached to an aromatic ring is 1. The largest absolute Gasteiger partial charge is 0.474 e. The molecular weight excluding hydrogens is 218 g/mol. The molecule has 5 heteroatoms. The van der Waals surface area contributed by atoms with Crippen molar-refractivity contribution >= 4 is 5.84 Å². The molecule has 1 aromatic rings. The standard InChI is InChI=1S/C12H17N3O2/c13-11(14)10-5-3-6-15-12(10)17-8-9-4-1-2-7-16-9/h3,5-6,9H,1-2,4,7-8H2,(H3,13,14). The lowest BCUT2D eigenvalue weighted by Gasteiger charge is -2.22. The van der Waals surface area contributed by atoms with Crippen LogP contribution in [0.2, 0.25) is 0 Å². The van der Waals surface area contributed by atoms with E-state index in [0.717, 1.165) is 19.4 Å². The van der Waals surface area contributed by atoms with Crippen LogP contribution in [0.4, 0.5) is 0 Å². The molecule has 1 unspecified atom stereocenters. The van der Waals surface area contributed by atoms with Gasteiger partial charge in [0.05, 0.1) is 11.7 Å². The Balaban J connectivity index is 1.96. The lowest BCUT2D eigenvalue weighted by molar-refractivity contribution is -0.0119. The van der Waals surface area contributed by atoms with Crippen molar-refractivity contribution in [3.63, 3.8) is 0 Å². The molecule has 1 aliphatic rings. The van der Waals surface area contributed by atoms with Crippen LogP contribution in [0.5, 0.6) is 5.88 Å². The maximum atomic E-state index is 7.43. The summed E-state index contributed by atoms with van der Waals surface area (Å²) >= 11 is 0. The second kappa shape index (κ2) is 5.63. The van der Waals surface area contributed by atoms with Crippen LogP contribution in [-0.2, 0) is 4.74 Å². The predicted molar refractivity (Wildman–Crippen MR) is 64.3 cm³/mol. The van der Waals surface area contributed by atoms with E-state index in [1.54, 1.807) is 18.3 Å².